The fraction of sp³-hybridized carbons (Fsp3) is 0.348. The number of nitrogens with two attached hydrogens (primary N) is 2. The second-order valence-corrected chi connectivity index (χ2v) is 8.42. The Morgan fingerprint density at radius 3 is 2.70 bits per heavy atom. The van der Waals surface area contributed by atoms with Gasteiger partial charge in [-0.2, -0.15) is 10.5 Å². The normalized spacial score (nSPS) is 16.9. The number of anilines is 4. The molecule has 14 nitrogen and oxygen atoms in total. The Morgan fingerprint density at radius 1 is 1.35 bits per heavy atom. The van der Waals surface area contributed by atoms with Gasteiger partial charge in [-0.25, -0.2) is 9.98 Å². The number of nitriles is 2. The van der Waals surface area contributed by atoms with Crippen LogP contribution in [0.25, 0.3) is 0 Å². The number of carbonyl (C=O) groups is 1. The van der Waals surface area contributed by atoms with E-state index in [9.17, 15) is 20.2 Å². The van der Waals surface area contributed by atoms with Gasteiger partial charge < -0.3 is 26.4 Å². The third-order valence-corrected chi connectivity index (χ3v) is 6.33. The van der Waals surface area contributed by atoms with E-state index in [1.54, 1.807) is 25.2 Å². The summed E-state index contributed by atoms with van der Waals surface area (Å²) < 4.78 is 5.10. The summed E-state index contributed by atoms with van der Waals surface area (Å²) in [7, 11) is 0. The molecule has 0 aliphatic carbocycles. The van der Waals surface area contributed by atoms with Gasteiger partial charge >= 0.3 is 5.97 Å². The molecule has 0 amide bonds. The molecule has 2 aliphatic rings. The zero-order valence-corrected chi connectivity index (χ0v) is 19.9. The Kier molecular flexibility index (Phi) is 6.92. The minimum atomic E-state index is -0.908. The molecule has 1 aromatic heterocycles. The summed E-state index contributed by atoms with van der Waals surface area (Å²) in [6, 6.07) is 5.70. The molecule has 1 atom stereocenters. The number of aliphatic imine (C=N–C) groups is 1. The maximum Gasteiger partial charge on any atom is 0.309 e. The van der Waals surface area contributed by atoms with E-state index in [4.69, 9.17) is 21.5 Å². The van der Waals surface area contributed by atoms with E-state index >= 15 is 0 Å². The molecule has 0 bridgehead atoms. The van der Waals surface area contributed by atoms with Gasteiger partial charge in [0.2, 0.25) is 5.96 Å². The molecule has 1 saturated heterocycles. The van der Waals surface area contributed by atoms with E-state index in [1.165, 1.54) is 6.07 Å². The highest BCUT2D eigenvalue weighted by molar-refractivity contribution is 5.98. The molecule has 2 aromatic rings. The molecule has 4 rings (SSSR count). The Hall–Kier alpha value is -5.11. The highest BCUT2D eigenvalue weighted by Gasteiger charge is 2.33. The van der Waals surface area contributed by atoms with Gasteiger partial charge in [0, 0.05) is 24.7 Å². The van der Waals surface area contributed by atoms with Crippen LogP contribution in [0.2, 0.25) is 0 Å². The van der Waals surface area contributed by atoms with Crippen molar-refractivity contribution in [2.75, 3.05) is 41.4 Å². The molecule has 3 heterocycles. The van der Waals surface area contributed by atoms with Crippen molar-refractivity contribution in [3.05, 3.63) is 45.0 Å². The van der Waals surface area contributed by atoms with Crippen molar-refractivity contribution in [2.45, 2.75) is 25.8 Å². The first kappa shape index (κ1) is 25.0. The molecule has 190 valence electrons. The topological polar surface area (TPSA) is 222 Å². The highest BCUT2D eigenvalue weighted by Crippen LogP contribution is 2.43. The lowest BCUT2D eigenvalue weighted by Crippen LogP contribution is -2.37. The summed E-state index contributed by atoms with van der Waals surface area (Å²) in [6.07, 6.45) is 2.80. The minimum absolute atomic E-state index is 0.0342. The molecular weight excluding hydrogens is 480 g/mol. The number of fused-ring (bicyclic) bond motifs is 1. The lowest BCUT2D eigenvalue weighted by atomic mass is 9.93. The van der Waals surface area contributed by atoms with Crippen molar-refractivity contribution in [1.82, 2.24) is 10.3 Å². The Bertz CT molecular complexity index is 1370. The number of nitro groups is 1. The number of esters is 1. The number of hydrogen-bond donors (Lipinski definition) is 4. The lowest BCUT2D eigenvalue weighted by Gasteiger charge is -2.32. The fourth-order valence-electron chi connectivity index (χ4n) is 4.56. The van der Waals surface area contributed by atoms with Gasteiger partial charge in [-0.1, -0.05) is 6.07 Å². The van der Waals surface area contributed by atoms with E-state index in [1.807, 2.05) is 11.0 Å². The molecule has 2 aliphatic heterocycles. The van der Waals surface area contributed by atoms with Crippen LogP contribution in [-0.2, 0) is 9.53 Å². The van der Waals surface area contributed by atoms with Gasteiger partial charge in [-0.05, 0) is 31.4 Å². The van der Waals surface area contributed by atoms with Crippen LogP contribution in [0.4, 0.5) is 28.7 Å². The third-order valence-electron chi connectivity index (χ3n) is 6.33. The van der Waals surface area contributed by atoms with Crippen molar-refractivity contribution >= 4 is 40.6 Å². The number of nitrogen functional groups attached to an aromatic ring is 2. The minimum Gasteiger partial charge on any atom is -0.466 e. The zero-order chi connectivity index (χ0) is 26.7. The summed E-state index contributed by atoms with van der Waals surface area (Å²) >= 11 is 0. The number of carbonyl (C=O) groups excluding carboxylic acids is 1. The second kappa shape index (κ2) is 10.2. The maximum atomic E-state index is 12.1. The zero-order valence-electron chi connectivity index (χ0n) is 19.9. The van der Waals surface area contributed by atoms with Crippen LogP contribution in [0.3, 0.4) is 0 Å². The molecule has 14 heteroatoms. The number of ether oxygens (including phenoxy) is 1. The summed E-state index contributed by atoms with van der Waals surface area (Å²) in [5, 5.41) is 35.9. The van der Waals surface area contributed by atoms with Gasteiger partial charge in [0.1, 0.15) is 35.0 Å². The Balaban J connectivity index is 1.73. The average molecular weight is 505 g/mol. The fourth-order valence-corrected chi connectivity index (χ4v) is 4.56. The van der Waals surface area contributed by atoms with Gasteiger partial charge in [-0.3, -0.25) is 20.2 Å². The Labute approximate surface area is 211 Å². The molecule has 6 N–H and O–H groups in total. The van der Waals surface area contributed by atoms with Crippen LogP contribution in [-0.4, -0.2) is 41.5 Å². The summed E-state index contributed by atoms with van der Waals surface area (Å²) in [5.41, 5.74) is 13.1. The number of nitrogens with one attached hydrogen (secondary N) is 2. The number of hydrogen-bond acceptors (Lipinski definition) is 13. The first-order valence-electron chi connectivity index (χ1n) is 11.5. The number of pyridine rings is 1. The van der Waals surface area contributed by atoms with E-state index in [0.717, 1.165) is 0 Å². The SMILES string of the molecule is CCOC(=O)C1CCN(c2ccc(C3N=C(NC#N)Nc4nc(N)c(C#N)c(N)c43)cc2[N+](=O)[O-])CC1. The van der Waals surface area contributed by atoms with Crippen molar-refractivity contribution in [2.24, 2.45) is 10.9 Å². The predicted octanol–water partition coefficient (Wildman–Crippen LogP) is 1.75. The van der Waals surface area contributed by atoms with Crippen LogP contribution in [0.15, 0.2) is 23.2 Å². The van der Waals surface area contributed by atoms with Crippen molar-refractivity contribution in [3.8, 4) is 12.3 Å². The van der Waals surface area contributed by atoms with Gasteiger partial charge in [0.05, 0.1) is 23.1 Å². The van der Waals surface area contributed by atoms with E-state index in [0.29, 0.717) is 49.4 Å². The first-order valence-corrected chi connectivity index (χ1v) is 11.5. The summed E-state index contributed by atoms with van der Waals surface area (Å²) in [4.78, 5) is 34.2. The van der Waals surface area contributed by atoms with E-state index in [-0.39, 0.29) is 46.4 Å². The quantitative estimate of drug-likeness (QED) is 0.150. The van der Waals surface area contributed by atoms with Crippen molar-refractivity contribution in [1.29, 1.82) is 10.5 Å². The largest absolute Gasteiger partial charge is 0.466 e. The van der Waals surface area contributed by atoms with Gasteiger partial charge in [0.25, 0.3) is 5.69 Å². The molecule has 0 spiro atoms. The van der Waals surface area contributed by atoms with Gasteiger partial charge in [-0.15, -0.1) is 0 Å². The first-order chi connectivity index (χ1) is 17.8. The number of nitrogens with zero attached hydrogens (tertiary/aromatic N) is 6. The van der Waals surface area contributed by atoms with E-state index < -0.39 is 11.0 Å². The van der Waals surface area contributed by atoms with Crippen molar-refractivity contribution < 1.29 is 14.5 Å². The molecular formula is C23H24N10O4. The standard InChI is InChI=1S/C23H24N10O4/c1-2-37-22(34)12-5-7-32(8-6-12)15-4-3-13(9-16(15)33(35)36)19-17-18(26)14(10-24)20(27)30-21(17)31-23(29-19)28-11-25/h3-4,9,12,19H,2,5-8H2,1H3,(H6,26,27,28,29,30,31). The number of rotatable bonds is 5. The maximum absolute atomic E-state index is 12.1. The predicted molar refractivity (Wildman–Crippen MR) is 134 cm³/mol. The smallest absolute Gasteiger partial charge is 0.309 e. The number of aromatic nitrogens is 1. The highest BCUT2D eigenvalue weighted by atomic mass is 16.6. The molecule has 1 aromatic carbocycles. The summed E-state index contributed by atoms with van der Waals surface area (Å²) in [5.74, 6) is -0.364. The number of nitro benzene ring substituents is 1. The molecule has 1 unspecified atom stereocenters. The second-order valence-electron chi connectivity index (χ2n) is 8.42. The number of piperidine rings is 1. The third kappa shape index (κ3) is 4.72. The van der Waals surface area contributed by atoms with Crippen LogP contribution < -0.4 is 27.0 Å². The monoisotopic (exact) mass is 504 g/mol. The van der Waals surface area contributed by atoms with E-state index in [2.05, 4.69) is 20.6 Å². The molecule has 37 heavy (non-hydrogen) atoms. The van der Waals surface area contributed by atoms with Gasteiger partial charge in [0.15, 0.2) is 6.19 Å². The molecule has 1 fully saturated rings. The lowest BCUT2D eigenvalue weighted by molar-refractivity contribution is -0.384. The van der Waals surface area contributed by atoms with Crippen molar-refractivity contribution in [3.63, 3.8) is 0 Å². The van der Waals surface area contributed by atoms with Crippen LogP contribution in [0.1, 0.15) is 42.5 Å². The van der Waals surface area contributed by atoms with Crippen LogP contribution in [0, 0.1) is 38.8 Å². The average Bonchev–Trinajstić information content (AvgIpc) is 2.88. The summed E-state index contributed by atoms with van der Waals surface area (Å²) in [6.45, 7) is 2.97. The Morgan fingerprint density at radius 2 is 2.08 bits per heavy atom. The van der Waals surface area contributed by atoms with Crippen LogP contribution in [0.5, 0.6) is 0 Å². The van der Waals surface area contributed by atoms with Crippen LogP contribution >= 0.6 is 0 Å². The number of benzene rings is 1. The molecule has 0 radical (unpaired) electrons. The molecule has 0 saturated carbocycles. The number of guanidine groups is 1.